The molecule has 3 heterocycles. The second kappa shape index (κ2) is 7.23. The van der Waals surface area contributed by atoms with E-state index in [1.807, 2.05) is 13.8 Å². The molecule has 0 spiro atoms. The second-order valence-electron chi connectivity index (χ2n) is 6.74. The van der Waals surface area contributed by atoms with Crippen LogP contribution < -0.4 is 10.5 Å². The lowest BCUT2D eigenvalue weighted by Gasteiger charge is -2.38. The van der Waals surface area contributed by atoms with E-state index in [2.05, 4.69) is 10.2 Å². The minimum atomic E-state index is -1.17. The molecule has 3 aromatic rings. The number of aromatic nitrogens is 2. The molecular formula is C19H20N4O3S2. The molecule has 0 bridgehead atoms. The van der Waals surface area contributed by atoms with Gasteiger partial charge in [-0.2, -0.15) is 5.10 Å². The highest BCUT2D eigenvalue weighted by molar-refractivity contribution is 7.92. The van der Waals surface area contributed by atoms with Crippen molar-refractivity contribution >= 4 is 44.3 Å². The fraction of sp³-hybridized carbons (Fsp3) is 0.316. The fourth-order valence-corrected chi connectivity index (χ4v) is 5.67. The summed E-state index contributed by atoms with van der Waals surface area (Å²) < 4.78 is 17.8. The quantitative estimate of drug-likeness (QED) is 0.656. The number of thiophene rings is 1. The molecule has 0 radical (unpaired) electrons. The number of aryl methyl sites for hydroxylation is 2. The summed E-state index contributed by atoms with van der Waals surface area (Å²) >= 11 is 0.0912. The molecule has 1 atom stereocenters. The lowest BCUT2D eigenvalue weighted by atomic mass is 10.1. The first-order valence-electron chi connectivity index (χ1n) is 8.76. The number of methoxy groups -OCH3 is 1. The van der Waals surface area contributed by atoms with Crippen LogP contribution in [0.1, 0.15) is 20.9 Å². The van der Waals surface area contributed by atoms with E-state index in [1.165, 1.54) is 11.3 Å². The van der Waals surface area contributed by atoms with Gasteiger partial charge in [0.1, 0.15) is 15.5 Å². The standard InChI is InChI=1S/C19H20N4O3S2/c1-10-11(2)21-22-18-15(10)16(20)17(27-18)19(24)23-8-14(9-23)28(25)13-6-4-12(26-3)5-7-13/h4-7,14H,8-9,20H2,1-3H3. The SMILES string of the molecule is COc1ccc([S+]([O-])C2CN(C(=O)c3sc4nnc(C)c(C)c4c3N)C2)cc1. The number of ether oxygens (including phenoxy) is 1. The third-order valence-corrected chi connectivity index (χ3v) is 7.78. The molecule has 2 aromatic heterocycles. The second-order valence-corrected chi connectivity index (χ2v) is 9.47. The van der Waals surface area contributed by atoms with Crippen molar-refractivity contribution in [2.45, 2.75) is 24.0 Å². The lowest BCUT2D eigenvalue weighted by Crippen LogP contribution is -2.56. The van der Waals surface area contributed by atoms with Crippen LogP contribution in [-0.2, 0) is 11.2 Å². The Morgan fingerprint density at radius 1 is 1.29 bits per heavy atom. The van der Waals surface area contributed by atoms with Crippen LogP contribution in [0.5, 0.6) is 5.75 Å². The van der Waals surface area contributed by atoms with Crippen molar-refractivity contribution in [1.82, 2.24) is 15.1 Å². The van der Waals surface area contributed by atoms with E-state index >= 15 is 0 Å². The number of rotatable bonds is 4. The number of anilines is 1. The Balaban J connectivity index is 1.48. The van der Waals surface area contributed by atoms with Gasteiger partial charge in [-0.25, -0.2) is 0 Å². The average Bonchev–Trinajstić information content (AvgIpc) is 3.00. The van der Waals surface area contributed by atoms with E-state index in [9.17, 15) is 9.35 Å². The number of nitrogen functional groups attached to an aromatic ring is 1. The summed E-state index contributed by atoms with van der Waals surface area (Å²) in [6, 6.07) is 7.18. The Hall–Kier alpha value is -2.36. The third kappa shape index (κ3) is 3.09. The number of hydrogen-bond acceptors (Lipinski definition) is 7. The Kier molecular flexibility index (Phi) is 4.90. The van der Waals surface area contributed by atoms with E-state index < -0.39 is 11.2 Å². The zero-order valence-corrected chi connectivity index (χ0v) is 17.4. The number of benzene rings is 1. The number of carbonyl (C=O) groups excluding carboxylic acids is 1. The number of hydrogen-bond donors (Lipinski definition) is 1. The monoisotopic (exact) mass is 416 g/mol. The molecule has 0 aliphatic carbocycles. The molecule has 146 valence electrons. The van der Waals surface area contributed by atoms with Gasteiger partial charge in [0.15, 0.2) is 10.1 Å². The van der Waals surface area contributed by atoms with E-state index in [-0.39, 0.29) is 11.2 Å². The van der Waals surface area contributed by atoms with Gasteiger partial charge in [0.2, 0.25) is 0 Å². The van der Waals surface area contributed by atoms with Crippen molar-refractivity contribution in [1.29, 1.82) is 0 Å². The highest BCUT2D eigenvalue weighted by atomic mass is 32.2. The van der Waals surface area contributed by atoms with E-state index in [0.29, 0.717) is 28.5 Å². The summed E-state index contributed by atoms with van der Waals surface area (Å²) in [5.41, 5.74) is 8.47. The molecule has 2 N–H and O–H groups in total. The molecule has 1 unspecified atom stereocenters. The van der Waals surface area contributed by atoms with Gasteiger partial charge in [-0.05, 0) is 54.9 Å². The molecule has 1 aliphatic heterocycles. The molecule has 7 nitrogen and oxygen atoms in total. The van der Waals surface area contributed by atoms with Gasteiger partial charge < -0.3 is 19.9 Å². The lowest BCUT2D eigenvalue weighted by molar-refractivity contribution is 0.0665. The van der Waals surface area contributed by atoms with Gasteiger partial charge in [-0.1, -0.05) is 0 Å². The first kappa shape index (κ1) is 19.0. The molecule has 0 saturated carbocycles. The van der Waals surface area contributed by atoms with E-state index in [1.54, 1.807) is 36.3 Å². The molecule has 1 saturated heterocycles. The minimum Gasteiger partial charge on any atom is -0.611 e. The maximum absolute atomic E-state index is 12.9. The van der Waals surface area contributed by atoms with Crippen molar-refractivity contribution in [2.24, 2.45) is 0 Å². The summed E-state index contributed by atoms with van der Waals surface area (Å²) in [6.45, 7) is 4.68. The fourth-order valence-electron chi connectivity index (χ4n) is 3.18. The maximum atomic E-state index is 12.9. The number of likely N-dealkylation sites (tertiary alicyclic amines) is 1. The predicted octanol–water partition coefficient (Wildman–Crippen LogP) is 2.53. The third-order valence-electron chi connectivity index (χ3n) is 5.06. The number of amides is 1. The summed E-state index contributed by atoms with van der Waals surface area (Å²) in [4.78, 5) is 16.5. The van der Waals surface area contributed by atoms with Crippen LogP contribution in [0.3, 0.4) is 0 Å². The predicted molar refractivity (Wildman–Crippen MR) is 110 cm³/mol. The molecule has 4 rings (SSSR count). The van der Waals surface area contributed by atoms with Gasteiger partial charge in [0, 0.05) is 5.39 Å². The normalized spacial score (nSPS) is 15.5. The van der Waals surface area contributed by atoms with Crippen LogP contribution in [0.2, 0.25) is 0 Å². The smallest absolute Gasteiger partial charge is 0.266 e. The Morgan fingerprint density at radius 2 is 1.96 bits per heavy atom. The number of nitrogens with two attached hydrogens (primary N) is 1. The van der Waals surface area contributed by atoms with E-state index in [0.717, 1.165) is 27.3 Å². The van der Waals surface area contributed by atoms with Crippen molar-refractivity contribution in [3.8, 4) is 5.75 Å². The molecule has 1 fully saturated rings. The largest absolute Gasteiger partial charge is 0.611 e. The summed E-state index contributed by atoms with van der Waals surface area (Å²) in [6.07, 6.45) is 0. The molecular weight excluding hydrogens is 396 g/mol. The molecule has 28 heavy (non-hydrogen) atoms. The van der Waals surface area contributed by atoms with Crippen molar-refractivity contribution < 1.29 is 14.1 Å². The number of nitrogens with zero attached hydrogens (tertiary/aromatic N) is 3. The molecule has 9 heteroatoms. The Morgan fingerprint density at radius 3 is 2.61 bits per heavy atom. The zero-order valence-electron chi connectivity index (χ0n) is 15.8. The van der Waals surface area contributed by atoms with Gasteiger partial charge in [0.25, 0.3) is 5.91 Å². The Bertz CT molecular complexity index is 1050. The highest BCUT2D eigenvalue weighted by Crippen LogP contribution is 2.37. The topological polar surface area (TPSA) is 104 Å². The summed E-state index contributed by atoms with van der Waals surface area (Å²) in [5.74, 6) is 0.584. The first-order valence-corrected chi connectivity index (χ1v) is 10.8. The minimum absolute atomic E-state index is 0.0864. The summed E-state index contributed by atoms with van der Waals surface area (Å²) in [7, 11) is 1.59. The van der Waals surface area contributed by atoms with Crippen LogP contribution in [-0.4, -0.2) is 51.0 Å². The highest BCUT2D eigenvalue weighted by Gasteiger charge is 2.41. The molecule has 1 aliphatic rings. The van der Waals surface area contributed by atoms with Crippen LogP contribution in [0.25, 0.3) is 10.2 Å². The molecule has 1 amide bonds. The summed E-state index contributed by atoms with van der Waals surface area (Å²) in [5, 5.41) is 9.00. The van der Waals surface area contributed by atoms with Gasteiger partial charge in [-0.3, -0.25) is 4.79 Å². The van der Waals surface area contributed by atoms with Gasteiger partial charge >= 0.3 is 0 Å². The van der Waals surface area contributed by atoms with E-state index in [4.69, 9.17) is 10.5 Å². The van der Waals surface area contributed by atoms with Crippen molar-refractivity contribution in [3.05, 3.63) is 40.4 Å². The van der Waals surface area contributed by atoms with Gasteiger partial charge in [-0.15, -0.1) is 16.4 Å². The molecule has 1 aromatic carbocycles. The van der Waals surface area contributed by atoms with Crippen molar-refractivity contribution in [3.63, 3.8) is 0 Å². The first-order chi connectivity index (χ1) is 13.4. The average molecular weight is 417 g/mol. The van der Waals surface area contributed by atoms with Crippen LogP contribution >= 0.6 is 11.3 Å². The number of fused-ring (bicyclic) bond motifs is 1. The van der Waals surface area contributed by atoms with Crippen molar-refractivity contribution in [2.75, 3.05) is 25.9 Å². The Labute approximate surface area is 169 Å². The van der Waals surface area contributed by atoms with Gasteiger partial charge in [0.05, 0.1) is 31.6 Å². The van der Waals surface area contributed by atoms with Crippen LogP contribution in [0.4, 0.5) is 5.69 Å². The van der Waals surface area contributed by atoms with Crippen LogP contribution in [0, 0.1) is 13.8 Å². The number of carbonyl (C=O) groups is 1. The maximum Gasteiger partial charge on any atom is 0.266 e. The van der Waals surface area contributed by atoms with Crippen LogP contribution in [0.15, 0.2) is 29.2 Å². The zero-order chi connectivity index (χ0) is 20.0.